The van der Waals surface area contributed by atoms with Crippen molar-refractivity contribution in [1.29, 1.82) is 0 Å². The van der Waals surface area contributed by atoms with Crippen molar-refractivity contribution in [3.63, 3.8) is 0 Å². The van der Waals surface area contributed by atoms with Crippen LogP contribution in [0.15, 0.2) is 18.2 Å². The molecule has 1 N–H and O–H groups in total. The zero-order chi connectivity index (χ0) is 15.4. The van der Waals surface area contributed by atoms with Gasteiger partial charge >= 0.3 is 0 Å². The second-order valence-electron chi connectivity index (χ2n) is 4.95. The minimum Gasteiger partial charge on any atom is -0.378 e. The van der Waals surface area contributed by atoms with E-state index in [-0.39, 0.29) is 5.56 Å². The summed E-state index contributed by atoms with van der Waals surface area (Å²) in [4.78, 5) is 5.28. The molecule has 0 atom stereocenters. The Balaban J connectivity index is 2.38. The highest BCUT2D eigenvalue weighted by molar-refractivity contribution is 7.15. The highest BCUT2D eigenvalue weighted by atomic mass is 32.1. The number of hydrogen-bond donors (Lipinski definition) is 1. The van der Waals surface area contributed by atoms with E-state index in [1.54, 1.807) is 7.11 Å². The molecule has 0 aliphatic heterocycles. The monoisotopic (exact) mass is 312 g/mol. The third kappa shape index (κ3) is 3.84. The Labute approximate surface area is 127 Å². The second-order valence-corrected chi connectivity index (χ2v) is 6.04. The van der Waals surface area contributed by atoms with Crippen LogP contribution in [-0.4, -0.2) is 18.1 Å². The van der Waals surface area contributed by atoms with Gasteiger partial charge < -0.3 is 10.1 Å². The molecule has 2 aromatic rings. The predicted molar refractivity (Wildman–Crippen MR) is 80.2 cm³/mol. The zero-order valence-electron chi connectivity index (χ0n) is 12.2. The molecule has 0 aliphatic rings. The van der Waals surface area contributed by atoms with Crippen LogP contribution in [0.5, 0.6) is 0 Å². The molecule has 0 saturated carbocycles. The molecular weight excluding hydrogens is 294 g/mol. The van der Waals surface area contributed by atoms with Crippen molar-refractivity contribution in [3.8, 4) is 10.6 Å². The van der Waals surface area contributed by atoms with Gasteiger partial charge in [-0.25, -0.2) is 13.8 Å². The maximum absolute atomic E-state index is 13.9. The number of nitrogens with zero attached hydrogens (tertiary/aromatic N) is 1. The number of hydrogen-bond acceptors (Lipinski definition) is 4. The van der Waals surface area contributed by atoms with Crippen molar-refractivity contribution in [2.24, 2.45) is 0 Å². The van der Waals surface area contributed by atoms with Gasteiger partial charge in [0.05, 0.1) is 17.9 Å². The molecule has 1 aromatic heterocycles. The van der Waals surface area contributed by atoms with Crippen LogP contribution in [-0.2, 0) is 17.9 Å². The molecule has 0 radical (unpaired) electrons. The van der Waals surface area contributed by atoms with Crippen LogP contribution in [0.25, 0.3) is 10.6 Å². The summed E-state index contributed by atoms with van der Waals surface area (Å²) in [6, 6.07) is 4.14. The molecule has 1 aromatic carbocycles. The lowest BCUT2D eigenvalue weighted by Crippen LogP contribution is -2.21. The lowest BCUT2D eigenvalue weighted by atomic mass is 10.2. The highest BCUT2D eigenvalue weighted by Crippen LogP contribution is 2.32. The number of thiazole rings is 1. The molecule has 0 aliphatic carbocycles. The Kier molecular flexibility index (Phi) is 5.39. The normalized spacial score (nSPS) is 11.3. The van der Waals surface area contributed by atoms with Crippen molar-refractivity contribution in [2.75, 3.05) is 7.11 Å². The first kappa shape index (κ1) is 16.0. The second kappa shape index (κ2) is 7.06. The fourth-order valence-corrected chi connectivity index (χ4v) is 2.94. The molecule has 0 spiro atoms. The summed E-state index contributed by atoms with van der Waals surface area (Å²) in [7, 11) is 1.57. The van der Waals surface area contributed by atoms with Crippen molar-refractivity contribution >= 4 is 11.3 Å². The average Bonchev–Trinajstić information content (AvgIpc) is 2.79. The van der Waals surface area contributed by atoms with Crippen molar-refractivity contribution in [3.05, 3.63) is 40.4 Å². The first-order valence-electron chi connectivity index (χ1n) is 6.68. The Morgan fingerprint density at radius 3 is 2.52 bits per heavy atom. The summed E-state index contributed by atoms with van der Waals surface area (Å²) in [5.74, 6) is -1.20. The third-order valence-electron chi connectivity index (χ3n) is 2.91. The van der Waals surface area contributed by atoms with E-state index in [0.29, 0.717) is 29.9 Å². The van der Waals surface area contributed by atoms with Crippen molar-refractivity contribution < 1.29 is 13.5 Å². The lowest BCUT2D eigenvalue weighted by molar-refractivity contribution is 0.181. The molecule has 0 bridgehead atoms. The number of nitrogens with one attached hydrogen (secondary N) is 1. The van der Waals surface area contributed by atoms with E-state index in [0.717, 1.165) is 4.88 Å². The van der Waals surface area contributed by atoms with Crippen LogP contribution in [0.4, 0.5) is 8.78 Å². The fraction of sp³-hybridized carbons (Fsp3) is 0.400. The molecule has 3 nitrogen and oxygen atoms in total. The van der Waals surface area contributed by atoms with E-state index in [9.17, 15) is 8.78 Å². The van der Waals surface area contributed by atoms with E-state index in [4.69, 9.17) is 4.74 Å². The van der Waals surface area contributed by atoms with Crippen molar-refractivity contribution in [1.82, 2.24) is 10.3 Å². The van der Waals surface area contributed by atoms with Gasteiger partial charge in [0.1, 0.15) is 16.6 Å². The van der Waals surface area contributed by atoms with Crippen LogP contribution in [0.3, 0.4) is 0 Å². The minimum absolute atomic E-state index is 0.0735. The maximum Gasteiger partial charge on any atom is 0.136 e. The number of methoxy groups -OCH3 is 1. The highest BCUT2D eigenvalue weighted by Gasteiger charge is 2.18. The van der Waals surface area contributed by atoms with Crippen LogP contribution >= 0.6 is 11.3 Å². The summed E-state index contributed by atoms with van der Waals surface area (Å²) >= 11 is 1.29. The average molecular weight is 312 g/mol. The molecule has 0 amide bonds. The molecule has 114 valence electrons. The minimum atomic E-state index is -0.601. The van der Waals surface area contributed by atoms with Gasteiger partial charge in [0.25, 0.3) is 0 Å². The van der Waals surface area contributed by atoms with Gasteiger partial charge in [-0.2, -0.15) is 0 Å². The maximum atomic E-state index is 13.9. The number of halogens is 2. The first-order valence-corrected chi connectivity index (χ1v) is 7.49. The Bertz CT molecular complexity index is 593. The molecule has 0 fully saturated rings. The smallest absolute Gasteiger partial charge is 0.136 e. The van der Waals surface area contributed by atoms with Crippen LogP contribution in [0, 0.1) is 11.6 Å². The number of rotatable bonds is 6. The van der Waals surface area contributed by atoms with Crippen LogP contribution < -0.4 is 5.32 Å². The largest absolute Gasteiger partial charge is 0.378 e. The van der Waals surface area contributed by atoms with Crippen LogP contribution in [0.1, 0.15) is 24.4 Å². The quantitative estimate of drug-likeness (QED) is 0.882. The molecule has 0 saturated heterocycles. The van der Waals surface area contributed by atoms with Gasteiger partial charge in [-0.05, 0) is 12.1 Å². The molecule has 1 heterocycles. The SMILES string of the molecule is COCc1nc(-c2c(F)cccc2F)sc1CNC(C)C. The standard InChI is InChI=1S/C15H18F2N2OS/c1-9(2)18-7-13-12(8-20-3)19-15(21-13)14-10(16)5-4-6-11(14)17/h4-6,9,18H,7-8H2,1-3H3. The van der Waals surface area contributed by atoms with E-state index in [2.05, 4.69) is 10.3 Å². The van der Waals surface area contributed by atoms with Gasteiger partial charge in [0, 0.05) is 24.6 Å². The topological polar surface area (TPSA) is 34.1 Å². The van der Waals surface area contributed by atoms with Gasteiger partial charge in [-0.1, -0.05) is 19.9 Å². The number of aromatic nitrogens is 1. The van der Waals surface area contributed by atoms with Crippen molar-refractivity contribution in [2.45, 2.75) is 33.0 Å². The fourth-order valence-electron chi connectivity index (χ4n) is 1.88. The molecule has 21 heavy (non-hydrogen) atoms. The summed E-state index contributed by atoms with van der Waals surface area (Å²) in [5, 5.41) is 3.63. The van der Waals surface area contributed by atoms with Gasteiger partial charge in [0.15, 0.2) is 0 Å². The van der Waals surface area contributed by atoms with Crippen LogP contribution in [0.2, 0.25) is 0 Å². The Morgan fingerprint density at radius 2 is 1.95 bits per heavy atom. The van der Waals surface area contributed by atoms with Gasteiger partial charge in [-0.15, -0.1) is 11.3 Å². The zero-order valence-corrected chi connectivity index (χ0v) is 13.1. The third-order valence-corrected chi connectivity index (χ3v) is 4.02. The first-order chi connectivity index (χ1) is 10.0. The Hall–Kier alpha value is -1.37. The van der Waals surface area contributed by atoms with Gasteiger partial charge in [0.2, 0.25) is 0 Å². The van der Waals surface area contributed by atoms with E-state index in [1.807, 2.05) is 13.8 Å². The summed E-state index contributed by atoms with van der Waals surface area (Å²) in [6.07, 6.45) is 0. The van der Waals surface area contributed by atoms with Gasteiger partial charge in [-0.3, -0.25) is 0 Å². The van der Waals surface area contributed by atoms with E-state index in [1.165, 1.54) is 29.5 Å². The number of benzene rings is 1. The lowest BCUT2D eigenvalue weighted by Gasteiger charge is -2.07. The predicted octanol–water partition coefficient (Wildman–Crippen LogP) is 3.73. The van der Waals surface area contributed by atoms with E-state index < -0.39 is 11.6 Å². The number of ether oxygens (including phenoxy) is 1. The Morgan fingerprint density at radius 1 is 1.29 bits per heavy atom. The molecular formula is C15H18F2N2OS. The summed E-state index contributed by atoms with van der Waals surface area (Å²) < 4.78 is 32.8. The molecule has 6 heteroatoms. The van der Waals surface area contributed by atoms with E-state index >= 15 is 0 Å². The summed E-state index contributed by atoms with van der Waals surface area (Å²) in [6.45, 7) is 4.99. The molecule has 2 rings (SSSR count). The molecule has 0 unspecified atom stereocenters. The summed E-state index contributed by atoms with van der Waals surface area (Å²) in [5.41, 5.74) is 0.643.